The average Bonchev–Trinajstić information content (AvgIpc) is 2.47. The summed E-state index contributed by atoms with van der Waals surface area (Å²) < 4.78 is 6.47. The molecule has 2 aromatic carbocycles. The van der Waals surface area contributed by atoms with Gasteiger partial charge in [0.25, 0.3) is 0 Å². The Balaban J connectivity index is 2.29. The van der Waals surface area contributed by atoms with Gasteiger partial charge >= 0.3 is 0 Å². The van der Waals surface area contributed by atoms with E-state index in [9.17, 15) is 0 Å². The first-order valence-electron chi connectivity index (χ1n) is 9.29. The summed E-state index contributed by atoms with van der Waals surface area (Å²) in [7, 11) is 5.76. The van der Waals surface area contributed by atoms with E-state index in [1.807, 2.05) is 0 Å². The fourth-order valence-electron chi connectivity index (χ4n) is 3.57. The van der Waals surface area contributed by atoms with E-state index in [4.69, 9.17) is 4.74 Å². The molecule has 3 rings (SSSR count). The van der Waals surface area contributed by atoms with Crippen molar-refractivity contribution in [2.45, 2.75) is 71.6 Å². The molecule has 1 nitrogen and oxygen atoms in total. The first-order valence-corrected chi connectivity index (χ1v) is 10.4. The number of ether oxygens (including phenoxy) is 1. The molecule has 0 saturated carbocycles. The fourth-order valence-corrected chi connectivity index (χ4v) is 4.36. The van der Waals surface area contributed by atoms with E-state index in [-0.39, 0.29) is 16.2 Å². The molecule has 0 aromatic heterocycles. The van der Waals surface area contributed by atoms with E-state index < -0.39 is 0 Å². The van der Waals surface area contributed by atoms with E-state index in [1.54, 1.807) is 0 Å². The van der Waals surface area contributed by atoms with E-state index in [0.717, 1.165) is 22.1 Å². The molecule has 0 radical (unpaired) electrons. The molecule has 140 valence electrons. The Morgan fingerprint density at radius 2 is 1.04 bits per heavy atom. The van der Waals surface area contributed by atoms with Gasteiger partial charge in [-0.2, -0.15) is 0 Å². The lowest BCUT2D eigenvalue weighted by Crippen LogP contribution is -2.31. The first kappa shape index (κ1) is 19.9. The van der Waals surface area contributed by atoms with Crippen LogP contribution in [-0.2, 0) is 16.2 Å². The quantitative estimate of drug-likeness (QED) is 0.527. The minimum atomic E-state index is -0.109. The molecule has 2 unspecified atom stereocenters. The van der Waals surface area contributed by atoms with Crippen molar-refractivity contribution < 1.29 is 4.74 Å². The van der Waals surface area contributed by atoms with Crippen LogP contribution < -0.4 is 15.3 Å². The van der Waals surface area contributed by atoms with E-state index in [0.29, 0.717) is 0 Å². The van der Waals surface area contributed by atoms with Crippen LogP contribution in [0.1, 0.15) is 77.6 Å². The predicted molar refractivity (Wildman–Crippen MR) is 121 cm³/mol. The monoisotopic (exact) mass is 386 g/mol. The Kier molecular flexibility index (Phi) is 4.62. The second-order valence-corrected chi connectivity index (χ2v) is 11.4. The molecule has 0 amide bonds. The predicted octanol–water partition coefficient (Wildman–Crippen LogP) is 5.71. The molecule has 0 fully saturated rings. The molecule has 3 heteroatoms. The zero-order valence-corrected chi connectivity index (χ0v) is 19.7. The second-order valence-electron chi connectivity index (χ2n) is 10.1. The molecule has 1 aliphatic rings. The van der Waals surface area contributed by atoms with Gasteiger partial charge in [-0.15, -0.1) is 18.5 Å². The number of benzene rings is 2. The van der Waals surface area contributed by atoms with Crippen LogP contribution in [0.2, 0.25) is 0 Å². The van der Waals surface area contributed by atoms with Crippen LogP contribution in [0.5, 0.6) is 11.5 Å². The minimum Gasteiger partial charge on any atom is -0.455 e. The van der Waals surface area contributed by atoms with Gasteiger partial charge in [0, 0.05) is 27.2 Å². The Bertz CT molecular complexity index is 809. The van der Waals surface area contributed by atoms with Gasteiger partial charge in [0.2, 0.25) is 0 Å². The lowest BCUT2D eigenvalue weighted by molar-refractivity contribution is 0.422. The highest BCUT2D eigenvalue weighted by Crippen LogP contribution is 2.49. The van der Waals surface area contributed by atoms with Gasteiger partial charge in [0.15, 0.2) is 0 Å². The summed E-state index contributed by atoms with van der Waals surface area (Å²) in [6.45, 7) is 18.2. The number of rotatable bonds is 0. The molecule has 0 bridgehead atoms. The van der Waals surface area contributed by atoms with Gasteiger partial charge in [-0.3, -0.25) is 0 Å². The zero-order chi connectivity index (χ0) is 19.7. The smallest absolute Gasteiger partial charge is 0.138 e. The minimum absolute atomic E-state index is 0.107. The highest BCUT2D eigenvalue weighted by Gasteiger charge is 2.38. The molecular weight excluding hydrogens is 354 g/mol. The topological polar surface area (TPSA) is 9.23 Å². The van der Waals surface area contributed by atoms with Crippen molar-refractivity contribution >= 4 is 29.1 Å². The van der Waals surface area contributed by atoms with Gasteiger partial charge in [-0.25, -0.2) is 0 Å². The summed E-state index contributed by atoms with van der Waals surface area (Å²) in [5, 5.41) is 2.27. The van der Waals surface area contributed by atoms with E-state index in [2.05, 4.69) is 98.1 Å². The molecular formula is C23H32OP2. The third-order valence-corrected chi connectivity index (χ3v) is 6.38. The van der Waals surface area contributed by atoms with Gasteiger partial charge in [-0.1, -0.05) is 67.5 Å². The van der Waals surface area contributed by atoms with E-state index >= 15 is 0 Å². The normalized spacial score (nSPS) is 15.9. The van der Waals surface area contributed by atoms with E-state index in [1.165, 1.54) is 22.3 Å². The van der Waals surface area contributed by atoms with Crippen molar-refractivity contribution in [1.29, 1.82) is 0 Å². The highest BCUT2D eigenvalue weighted by molar-refractivity contribution is 7.28. The summed E-state index contributed by atoms with van der Waals surface area (Å²) in [4.78, 5) is 0. The summed E-state index contributed by atoms with van der Waals surface area (Å²) in [5.74, 6) is 1.99. The van der Waals surface area contributed by atoms with Gasteiger partial charge < -0.3 is 4.74 Å². The first-order chi connectivity index (χ1) is 11.7. The third kappa shape index (κ3) is 3.23. The molecule has 26 heavy (non-hydrogen) atoms. The number of hydrogen-bond acceptors (Lipinski definition) is 1. The Labute approximate surface area is 163 Å². The maximum Gasteiger partial charge on any atom is 0.138 e. The Morgan fingerprint density at radius 3 is 1.35 bits per heavy atom. The summed E-state index contributed by atoms with van der Waals surface area (Å²) >= 11 is 0. The largest absolute Gasteiger partial charge is 0.455 e. The lowest BCUT2D eigenvalue weighted by Gasteiger charge is -2.38. The van der Waals surface area contributed by atoms with Crippen molar-refractivity contribution in [2.75, 3.05) is 0 Å². The molecule has 1 heterocycles. The SMILES string of the molecule is CC(C)(C)c1cc(P)c2c(c1)C(C)(C)c1cc(C(C)(C)C)cc(P)c1O2. The van der Waals surface area contributed by atoms with Gasteiger partial charge in [-0.05, 0) is 34.1 Å². The second kappa shape index (κ2) is 6.05. The fraction of sp³-hybridized carbons (Fsp3) is 0.478. The van der Waals surface area contributed by atoms with Gasteiger partial charge in [0.05, 0.1) is 0 Å². The lowest BCUT2D eigenvalue weighted by atomic mass is 9.72. The third-order valence-electron chi connectivity index (χ3n) is 5.52. The number of hydrogen-bond donors (Lipinski definition) is 0. The van der Waals surface area contributed by atoms with Crippen LogP contribution in [0.15, 0.2) is 24.3 Å². The maximum atomic E-state index is 6.47. The van der Waals surface area contributed by atoms with Crippen molar-refractivity contribution in [1.82, 2.24) is 0 Å². The molecule has 0 N–H and O–H groups in total. The molecule has 0 saturated heterocycles. The summed E-state index contributed by atoms with van der Waals surface area (Å²) in [6, 6.07) is 9.18. The van der Waals surface area contributed by atoms with Crippen LogP contribution in [-0.4, -0.2) is 0 Å². The van der Waals surface area contributed by atoms with Gasteiger partial charge in [0.1, 0.15) is 11.5 Å². The van der Waals surface area contributed by atoms with Crippen LogP contribution >= 0.6 is 18.5 Å². The molecule has 0 spiro atoms. The zero-order valence-electron chi connectivity index (χ0n) is 17.4. The number of fused-ring (bicyclic) bond motifs is 2. The van der Waals surface area contributed by atoms with Crippen LogP contribution in [0.4, 0.5) is 0 Å². The molecule has 2 atom stereocenters. The van der Waals surface area contributed by atoms with Crippen LogP contribution in [0, 0.1) is 0 Å². The average molecular weight is 386 g/mol. The molecule has 2 aromatic rings. The van der Waals surface area contributed by atoms with Crippen molar-refractivity contribution in [3.05, 3.63) is 46.5 Å². The Morgan fingerprint density at radius 1 is 0.692 bits per heavy atom. The van der Waals surface area contributed by atoms with Crippen molar-refractivity contribution in [3.8, 4) is 11.5 Å². The Hall–Kier alpha value is -0.900. The maximum absolute atomic E-state index is 6.47. The van der Waals surface area contributed by atoms with Crippen molar-refractivity contribution in [3.63, 3.8) is 0 Å². The van der Waals surface area contributed by atoms with Crippen LogP contribution in [0.25, 0.3) is 0 Å². The van der Waals surface area contributed by atoms with Crippen molar-refractivity contribution in [2.24, 2.45) is 0 Å². The molecule has 1 aliphatic heterocycles. The summed E-state index contributed by atoms with van der Waals surface area (Å²) in [6.07, 6.45) is 0. The molecule has 0 aliphatic carbocycles. The highest BCUT2D eigenvalue weighted by atomic mass is 31.0. The van der Waals surface area contributed by atoms with Crippen LogP contribution in [0.3, 0.4) is 0 Å². The standard InChI is InChI=1S/C23H32OP2/c1-21(2,3)13-9-15-19(17(25)11-13)24-20-16(23(15,7)8)10-14(12-18(20)26)22(4,5)6/h9-12H,25-26H2,1-8H3. The summed E-state index contributed by atoms with van der Waals surface area (Å²) in [5.41, 5.74) is 5.35.